The first-order valence-corrected chi connectivity index (χ1v) is 15.4. The minimum atomic E-state index is -0.254. The van der Waals surface area contributed by atoms with E-state index in [1.807, 2.05) is 35.9 Å². The molecule has 1 aliphatic carbocycles. The number of methoxy groups -OCH3 is 1. The van der Waals surface area contributed by atoms with Gasteiger partial charge in [-0.1, -0.05) is 12.1 Å². The third-order valence-electron chi connectivity index (χ3n) is 8.44. The van der Waals surface area contributed by atoms with Crippen LogP contribution >= 0.6 is 0 Å². The quantitative estimate of drug-likeness (QED) is 0.427. The SMILES string of the molecule is COCCN1CC(=O)NC2CCc3c(c(nn3C)C(=O)NCCCN(C(=O)CCn3cnc4ccccc43)CCCC1=O)C2. The van der Waals surface area contributed by atoms with Crippen LogP contribution in [0.2, 0.25) is 0 Å². The van der Waals surface area contributed by atoms with Gasteiger partial charge in [-0.15, -0.1) is 0 Å². The van der Waals surface area contributed by atoms with Crippen LogP contribution in [0, 0.1) is 0 Å². The monoisotopic (exact) mass is 606 g/mol. The molecule has 3 heterocycles. The highest BCUT2D eigenvalue weighted by atomic mass is 16.5. The molecule has 0 radical (unpaired) electrons. The summed E-state index contributed by atoms with van der Waals surface area (Å²) in [5.74, 6) is -0.682. The van der Waals surface area contributed by atoms with Gasteiger partial charge in [-0.3, -0.25) is 23.9 Å². The summed E-state index contributed by atoms with van der Waals surface area (Å²) < 4.78 is 8.91. The van der Waals surface area contributed by atoms with Crippen molar-refractivity contribution in [3.63, 3.8) is 0 Å². The largest absolute Gasteiger partial charge is 0.383 e. The van der Waals surface area contributed by atoms with Crippen LogP contribution in [-0.2, 0) is 45.6 Å². The smallest absolute Gasteiger partial charge is 0.272 e. The summed E-state index contributed by atoms with van der Waals surface area (Å²) in [4.78, 5) is 60.6. The molecule has 1 unspecified atom stereocenters. The van der Waals surface area contributed by atoms with Gasteiger partial charge in [-0.25, -0.2) is 4.98 Å². The summed E-state index contributed by atoms with van der Waals surface area (Å²) in [6.45, 7) is 2.23. The lowest BCUT2D eigenvalue weighted by Crippen LogP contribution is -2.47. The highest BCUT2D eigenvalue weighted by molar-refractivity contribution is 5.94. The maximum absolute atomic E-state index is 13.4. The van der Waals surface area contributed by atoms with Gasteiger partial charge in [0, 0.05) is 77.0 Å². The van der Waals surface area contributed by atoms with E-state index in [2.05, 4.69) is 20.7 Å². The Kier molecular flexibility index (Phi) is 10.3. The van der Waals surface area contributed by atoms with Crippen LogP contribution in [0.5, 0.6) is 0 Å². The summed E-state index contributed by atoms with van der Waals surface area (Å²) in [6, 6.07) is 7.64. The van der Waals surface area contributed by atoms with Gasteiger partial charge in [-0.05, 0) is 44.2 Å². The number of hydrogen-bond donors (Lipinski definition) is 2. The Labute approximate surface area is 256 Å². The molecule has 0 saturated heterocycles. The van der Waals surface area contributed by atoms with Crippen molar-refractivity contribution in [3.05, 3.63) is 47.5 Å². The molecule has 236 valence electrons. The van der Waals surface area contributed by atoms with E-state index < -0.39 is 0 Å². The third kappa shape index (κ3) is 7.44. The van der Waals surface area contributed by atoms with Crippen LogP contribution in [0.1, 0.15) is 53.8 Å². The van der Waals surface area contributed by atoms with E-state index in [9.17, 15) is 19.2 Å². The molecule has 2 aliphatic rings. The number of benzene rings is 1. The van der Waals surface area contributed by atoms with Crippen molar-refractivity contribution in [1.29, 1.82) is 0 Å². The molecule has 4 amide bonds. The number of aryl methyl sites for hydroxylation is 2. The molecule has 1 atom stereocenters. The average molecular weight is 607 g/mol. The van der Waals surface area contributed by atoms with Crippen molar-refractivity contribution in [1.82, 2.24) is 39.8 Å². The summed E-state index contributed by atoms with van der Waals surface area (Å²) in [5.41, 5.74) is 4.06. The molecule has 0 fully saturated rings. The predicted octanol–water partition coefficient (Wildman–Crippen LogP) is 1.05. The number of carbonyl (C=O) groups is 4. The highest BCUT2D eigenvalue weighted by Gasteiger charge is 2.30. The van der Waals surface area contributed by atoms with E-state index in [-0.39, 0.29) is 49.1 Å². The number of fused-ring (bicyclic) bond motifs is 2. The first-order chi connectivity index (χ1) is 21.3. The van der Waals surface area contributed by atoms with E-state index in [1.54, 1.807) is 23.0 Å². The maximum atomic E-state index is 13.4. The molecule has 1 aliphatic heterocycles. The van der Waals surface area contributed by atoms with E-state index in [0.29, 0.717) is 70.7 Å². The zero-order valence-corrected chi connectivity index (χ0v) is 25.6. The molecular formula is C31H42N8O5. The first kappa shape index (κ1) is 31.2. The second-order valence-electron chi connectivity index (χ2n) is 11.5. The molecule has 0 spiro atoms. The number of aromatic nitrogens is 4. The fourth-order valence-electron chi connectivity index (χ4n) is 6.09. The Morgan fingerprint density at radius 2 is 1.91 bits per heavy atom. The number of carbonyl (C=O) groups excluding carboxylic acids is 4. The maximum Gasteiger partial charge on any atom is 0.272 e. The Hall–Kier alpha value is -4.26. The molecule has 2 aromatic heterocycles. The van der Waals surface area contributed by atoms with Crippen LogP contribution in [-0.4, -0.2) is 105 Å². The molecule has 2 N–H and O–H groups in total. The summed E-state index contributed by atoms with van der Waals surface area (Å²) in [6.07, 6.45) is 5.16. The average Bonchev–Trinajstić information content (AvgIpc) is 3.58. The van der Waals surface area contributed by atoms with Gasteiger partial charge in [0.25, 0.3) is 5.91 Å². The fraction of sp³-hybridized carbons (Fsp3) is 0.548. The number of hydrogen-bond acceptors (Lipinski definition) is 7. The number of rotatable bonds is 6. The minimum absolute atomic E-state index is 0.0311. The van der Waals surface area contributed by atoms with Crippen molar-refractivity contribution < 1.29 is 23.9 Å². The number of amides is 4. The standard InChI is InChI=1S/C31H42N8O5/c1-36-25-11-10-22-19-23(25)30(35-36)31(43)32-13-6-15-37(14-5-9-28(41)38(17-18-44-2)20-27(40)34-22)29(42)12-16-39-21-33-24-7-3-4-8-26(24)39/h3-4,7-8,21-22H,5-6,9-20H2,1-2H3,(H,32,43)(H,34,40). The Bertz CT molecular complexity index is 1500. The van der Waals surface area contributed by atoms with Crippen molar-refractivity contribution in [2.75, 3.05) is 46.4 Å². The van der Waals surface area contributed by atoms with Crippen LogP contribution in [0.4, 0.5) is 0 Å². The van der Waals surface area contributed by atoms with Crippen molar-refractivity contribution in [3.8, 4) is 0 Å². The van der Waals surface area contributed by atoms with E-state index in [0.717, 1.165) is 28.7 Å². The molecule has 5 rings (SSSR count). The van der Waals surface area contributed by atoms with Crippen LogP contribution in [0.3, 0.4) is 0 Å². The Morgan fingerprint density at radius 1 is 1.09 bits per heavy atom. The summed E-state index contributed by atoms with van der Waals surface area (Å²) in [7, 11) is 3.39. The Morgan fingerprint density at radius 3 is 2.75 bits per heavy atom. The normalized spacial score (nSPS) is 19.0. The van der Waals surface area contributed by atoms with Crippen molar-refractivity contribution >= 4 is 34.7 Å². The lowest BCUT2D eigenvalue weighted by atomic mass is 9.91. The number of para-hydroxylation sites is 2. The van der Waals surface area contributed by atoms with Crippen LogP contribution in [0.15, 0.2) is 30.6 Å². The van der Waals surface area contributed by atoms with E-state index in [1.165, 1.54) is 4.90 Å². The van der Waals surface area contributed by atoms with Crippen molar-refractivity contribution in [2.24, 2.45) is 7.05 Å². The lowest BCUT2D eigenvalue weighted by Gasteiger charge is -2.27. The molecule has 2 bridgehead atoms. The molecule has 13 heteroatoms. The summed E-state index contributed by atoms with van der Waals surface area (Å²) in [5, 5.41) is 10.5. The zero-order valence-electron chi connectivity index (χ0n) is 25.6. The van der Waals surface area contributed by atoms with Gasteiger partial charge in [0.2, 0.25) is 17.7 Å². The van der Waals surface area contributed by atoms with Crippen molar-refractivity contribution in [2.45, 2.75) is 57.5 Å². The van der Waals surface area contributed by atoms with Gasteiger partial charge in [0.1, 0.15) is 0 Å². The van der Waals surface area contributed by atoms with E-state index >= 15 is 0 Å². The zero-order chi connectivity index (χ0) is 31.1. The van der Waals surface area contributed by atoms with Gasteiger partial charge in [-0.2, -0.15) is 5.10 Å². The molecule has 0 saturated carbocycles. The van der Waals surface area contributed by atoms with Crippen LogP contribution < -0.4 is 10.6 Å². The number of ether oxygens (including phenoxy) is 1. The second-order valence-corrected chi connectivity index (χ2v) is 11.5. The Balaban J connectivity index is 1.30. The lowest BCUT2D eigenvalue weighted by molar-refractivity contribution is -0.137. The number of nitrogens with one attached hydrogen (secondary N) is 2. The first-order valence-electron chi connectivity index (χ1n) is 15.4. The topological polar surface area (TPSA) is 144 Å². The number of nitrogens with zero attached hydrogens (tertiary/aromatic N) is 6. The van der Waals surface area contributed by atoms with Gasteiger partial charge in [0.15, 0.2) is 5.69 Å². The summed E-state index contributed by atoms with van der Waals surface area (Å²) >= 11 is 0. The molecule has 1 aromatic carbocycles. The second kappa shape index (κ2) is 14.5. The third-order valence-corrected chi connectivity index (χ3v) is 8.44. The van der Waals surface area contributed by atoms with Gasteiger partial charge >= 0.3 is 0 Å². The molecular weight excluding hydrogens is 564 g/mol. The molecule has 13 nitrogen and oxygen atoms in total. The van der Waals surface area contributed by atoms with Gasteiger partial charge in [0.05, 0.1) is 30.5 Å². The minimum Gasteiger partial charge on any atom is -0.383 e. The fourth-order valence-corrected chi connectivity index (χ4v) is 6.09. The predicted molar refractivity (Wildman–Crippen MR) is 163 cm³/mol. The van der Waals surface area contributed by atoms with Crippen LogP contribution in [0.25, 0.3) is 11.0 Å². The van der Waals surface area contributed by atoms with E-state index in [4.69, 9.17) is 4.74 Å². The highest BCUT2D eigenvalue weighted by Crippen LogP contribution is 2.24. The molecule has 3 aromatic rings. The van der Waals surface area contributed by atoms with Gasteiger partial charge < -0.3 is 29.7 Å². The number of imidazole rings is 1. The molecule has 44 heavy (non-hydrogen) atoms.